The van der Waals surface area contributed by atoms with E-state index >= 15 is 0 Å². The van der Waals surface area contributed by atoms with E-state index in [1.54, 1.807) is 20.1 Å². The highest BCUT2D eigenvalue weighted by Crippen LogP contribution is 2.36. The number of carbonyl (C=O) groups excluding carboxylic acids is 4. The lowest BCUT2D eigenvalue weighted by Gasteiger charge is -2.27. The van der Waals surface area contributed by atoms with Crippen LogP contribution in [0.5, 0.6) is 5.75 Å². The molecule has 8 heteroatoms. The first kappa shape index (κ1) is 24.7. The number of hydrogen-bond donors (Lipinski definition) is 2. The molecule has 192 valence electrons. The SMILES string of the molecule is CCC(=O)C(CC1CCCC1=O)NC(=O)C1c2ccccc2CN1C(=O)c1cc2c(OC)cccc2[nH]1. The van der Waals surface area contributed by atoms with Crippen LogP contribution >= 0.6 is 0 Å². The lowest BCUT2D eigenvalue weighted by molar-refractivity contribution is -0.131. The zero-order valence-electron chi connectivity index (χ0n) is 21.1. The van der Waals surface area contributed by atoms with E-state index in [9.17, 15) is 19.2 Å². The van der Waals surface area contributed by atoms with E-state index in [1.165, 1.54) is 4.90 Å². The van der Waals surface area contributed by atoms with Gasteiger partial charge in [-0.1, -0.05) is 37.3 Å². The summed E-state index contributed by atoms with van der Waals surface area (Å²) in [5.41, 5.74) is 2.73. The second kappa shape index (κ2) is 10.2. The van der Waals surface area contributed by atoms with E-state index in [1.807, 2.05) is 42.5 Å². The standard InChI is InChI=1S/C29H31N3O5/c1-3-24(33)22(14-17-9-6-12-25(17)34)31-28(35)27-19-10-5-4-8-18(19)16-32(27)29(36)23-15-20-21(30-23)11-7-13-26(20)37-2/h4-5,7-8,10-11,13,15,17,22,27,30H,3,6,9,12,14,16H2,1-2H3,(H,31,35). The smallest absolute Gasteiger partial charge is 0.271 e. The second-order valence-electron chi connectivity index (χ2n) is 9.81. The van der Waals surface area contributed by atoms with Crippen LogP contribution in [0.2, 0.25) is 0 Å². The number of ether oxygens (including phenoxy) is 1. The summed E-state index contributed by atoms with van der Waals surface area (Å²) in [6, 6.07) is 13.1. The van der Waals surface area contributed by atoms with Gasteiger partial charge in [-0.2, -0.15) is 0 Å². The van der Waals surface area contributed by atoms with Gasteiger partial charge in [-0.25, -0.2) is 0 Å². The maximum Gasteiger partial charge on any atom is 0.271 e. The Morgan fingerprint density at radius 1 is 1.16 bits per heavy atom. The molecular formula is C29H31N3O5. The molecule has 1 aliphatic heterocycles. The summed E-state index contributed by atoms with van der Waals surface area (Å²) in [6.45, 7) is 2.02. The molecule has 1 fully saturated rings. The van der Waals surface area contributed by atoms with Crippen molar-refractivity contribution in [1.82, 2.24) is 15.2 Å². The third-order valence-corrected chi connectivity index (χ3v) is 7.59. The van der Waals surface area contributed by atoms with Crippen molar-refractivity contribution in [2.45, 2.75) is 57.7 Å². The number of benzene rings is 2. The molecule has 2 aromatic carbocycles. The molecule has 3 atom stereocenters. The molecule has 2 aliphatic rings. The number of H-pyrrole nitrogens is 1. The van der Waals surface area contributed by atoms with E-state index in [0.717, 1.165) is 34.9 Å². The van der Waals surface area contributed by atoms with Gasteiger partial charge in [-0.15, -0.1) is 0 Å². The van der Waals surface area contributed by atoms with E-state index in [0.29, 0.717) is 24.3 Å². The minimum atomic E-state index is -0.886. The van der Waals surface area contributed by atoms with Gasteiger partial charge in [-0.05, 0) is 48.6 Å². The minimum Gasteiger partial charge on any atom is -0.496 e. The van der Waals surface area contributed by atoms with Gasteiger partial charge in [0.15, 0.2) is 5.78 Å². The number of fused-ring (bicyclic) bond motifs is 2. The van der Waals surface area contributed by atoms with Crippen molar-refractivity contribution < 1.29 is 23.9 Å². The fraction of sp³-hybridized carbons (Fsp3) is 0.379. The van der Waals surface area contributed by atoms with Gasteiger partial charge in [-0.3, -0.25) is 19.2 Å². The summed E-state index contributed by atoms with van der Waals surface area (Å²) in [4.78, 5) is 57.2. The Bertz CT molecular complexity index is 1380. The number of nitrogens with zero attached hydrogens (tertiary/aromatic N) is 1. The van der Waals surface area contributed by atoms with Crippen molar-refractivity contribution in [2.24, 2.45) is 5.92 Å². The maximum atomic E-state index is 13.8. The number of Topliss-reactive ketones (excluding diaryl/α,β-unsaturated/α-hetero) is 2. The summed E-state index contributed by atoms with van der Waals surface area (Å²) >= 11 is 0. The van der Waals surface area contributed by atoms with Gasteiger partial charge >= 0.3 is 0 Å². The Morgan fingerprint density at radius 2 is 1.97 bits per heavy atom. The molecule has 1 aliphatic carbocycles. The maximum absolute atomic E-state index is 13.8. The van der Waals surface area contributed by atoms with Crippen LogP contribution in [-0.4, -0.2) is 46.4 Å². The number of carbonyl (C=O) groups is 4. The second-order valence-corrected chi connectivity index (χ2v) is 9.81. The van der Waals surface area contributed by atoms with Crippen LogP contribution < -0.4 is 10.1 Å². The van der Waals surface area contributed by atoms with Crippen molar-refractivity contribution in [1.29, 1.82) is 0 Å². The van der Waals surface area contributed by atoms with E-state index in [2.05, 4.69) is 10.3 Å². The number of ketones is 2. The predicted octanol–water partition coefficient (Wildman–Crippen LogP) is 4.10. The van der Waals surface area contributed by atoms with Gasteiger partial charge in [0.25, 0.3) is 5.91 Å². The molecule has 3 aromatic rings. The zero-order valence-corrected chi connectivity index (χ0v) is 21.1. The van der Waals surface area contributed by atoms with Crippen molar-refractivity contribution in [2.75, 3.05) is 7.11 Å². The molecule has 5 rings (SSSR count). The summed E-state index contributed by atoms with van der Waals surface area (Å²) in [5, 5.41) is 3.69. The van der Waals surface area contributed by atoms with E-state index in [-0.39, 0.29) is 36.4 Å². The Kier molecular flexibility index (Phi) is 6.82. The third-order valence-electron chi connectivity index (χ3n) is 7.59. The number of methoxy groups -OCH3 is 1. The highest BCUT2D eigenvalue weighted by atomic mass is 16.5. The molecule has 0 bridgehead atoms. The molecule has 2 amide bonds. The first-order valence-corrected chi connectivity index (χ1v) is 12.8. The average Bonchev–Trinajstić information content (AvgIpc) is 3.63. The molecule has 2 N–H and O–H groups in total. The van der Waals surface area contributed by atoms with Crippen LogP contribution in [0.15, 0.2) is 48.5 Å². The normalized spacial score (nSPS) is 19.6. The lowest BCUT2D eigenvalue weighted by Crippen LogP contribution is -2.47. The van der Waals surface area contributed by atoms with Gasteiger partial charge in [0.1, 0.15) is 23.3 Å². The van der Waals surface area contributed by atoms with Crippen LogP contribution in [0, 0.1) is 5.92 Å². The predicted molar refractivity (Wildman–Crippen MR) is 138 cm³/mol. The van der Waals surface area contributed by atoms with Crippen LogP contribution in [0.25, 0.3) is 10.9 Å². The van der Waals surface area contributed by atoms with Crippen LogP contribution in [0.1, 0.15) is 66.7 Å². The highest BCUT2D eigenvalue weighted by Gasteiger charge is 2.41. The summed E-state index contributed by atoms with van der Waals surface area (Å²) in [7, 11) is 1.58. The lowest BCUT2D eigenvalue weighted by atomic mass is 9.93. The van der Waals surface area contributed by atoms with Crippen LogP contribution in [0.3, 0.4) is 0 Å². The van der Waals surface area contributed by atoms with Crippen molar-refractivity contribution in [3.63, 3.8) is 0 Å². The average molecular weight is 502 g/mol. The van der Waals surface area contributed by atoms with Gasteiger partial charge in [0.05, 0.1) is 13.2 Å². The first-order valence-electron chi connectivity index (χ1n) is 12.8. The molecule has 2 heterocycles. The van der Waals surface area contributed by atoms with E-state index in [4.69, 9.17) is 4.74 Å². The quantitative estimate of drug-likeness (QED) is 0.483. The Hall–Kier alpha value is -3.94. The van der Waals surface area contributed by atoms with Crippen molar-refractivity contribution in [3.8, 4) is 5.75 Å². The van der Waals surface area contributed by atoms with Crippen LogP contribution in [0.4, 0.5) is 0 Å². The molecule has 8 nitrogen and oxygen atoms in total. The Morgan fingerprint density at radius 3 is 2.70 bits per heavy atom. The molecule has 3 unspecified atom stereocenters. The molecule has 1 aromatic heterocycles. The number of amides is 2. The minimum absolute atomic E-state index is 0.111. The first-order chi connectivity index (χ1) is 17.9. The number of aromatic nitrogens is 1. The summed E-state index contributed by atoms with van der Waals surface area (Å²) < 4.78 is 5.43. The van der Waals surface area contributed by atoms with Crippen LogP contribution in [-0.2, 0) is 20.9 Å². The fourth-order valence-corrected chi connectivity index (χ4v) is 5.62. The van der Waals surface area contributed by atoms with Gasteiger partial charge in [0.2, 0.25) is 5.91 Å². The number of aromatic amines is 1. The Balaban J connectivity index is 1.44. The van der Waals surface area contributed by atoms with Gasteiger partial charge < -0.3 is 19.9 Å². The number of hydrogen-bond acceptors (Lipinski definition) is 5. The largest absolute Gasteiger partial charge is 0.496 e. The zero-order chi connectivity index (χ0) is 26.1. The topological polar surface area (TPSA) is 109 Å². The van der Waals surface area contributed by atoms with Gasteiger partial charge in [0, 0.05) is 36.2 Å². The highest BCUT2D eigenvalue weighted by molar-refractivity contribution is 6.02. The molecular weight excluding hydrogens is 470 g/mol. The van der Waals surface area contributed by atoms with Crippen molar-refractivity contribution in [3.05, 3.63) is 65.4 Å². The third kappa shape index (κ3) is 4.63. The summed E-state index contributed by atoms with van der Waals surface area (Å²) in [5.74, 6) is -0.256. The molecule has 0 saturated heterocycles. The Labute approximate surface area is 215 Å². The number of rotatable bonds is 8. The fourth-order valence-electron chi connectivity index (χ4n) is 5.62. The monoisotopic (exact) mass is 501 g/mol. The molecule has 37 heavy (non-hydrogen) atoms. The van der Waals surface area contributed by atoms with Crippen molar-refractivity contribution >= 4 is 34.3 Å². The number of nitrogens with one attached hydrogen (secondary N) is 2. The molecule has 0 spiro atoms. The molecule has 1 saturated carbocycles. The summed E-state index contributed by atoms with van der Waals surface area (Å²) in [6.07, 6.45) is 2.65. The van der Waals surface area contributed by atoms with E-state index < -0.39 is 18.0 Å². The molecule has 0 radical (unpaired) electrons.